The summed E-state index contributed by atoms with van der Waals surface area (Å²) in [5.74, 6) is 0.927. The molecular weight excluding hydrogens is 278 g/mol. The van der Waals surface area contributed by atoms with Gasteiger partial charge in [0.2, 0.25) is 5.91 Å². The van der Waals surface area contributed by atoms with E-state index >= 15 is 0 Å². The smallest absolute Gasteiger partial charge is 0.220 e. The summed E-state index contributed by atoms with van der Waals surface area (Å²) in [6.45, 7) is 0.860. The van der Waals surface area contributed by atoms with E-state index in [-0.39, 0.29) is 5.91 Å². The van der Waals surface area contributed by atoms with E-state index in [0.29, 0.717) is 5.92 Å². The highest BCUT2D eigenvalue weighted by atomic mass is 79.9. The third kappa shape index (κ3) is 7.80. The van der Waals surface area contributed by atoms with E-state index in [4.69, 9.17) is 0 Å². The number of amides is 1. The zero-order valence-electron chi connectivity index (χ0n) is 10.8. The zero-order valence-corrected chi connectivity index (χ0v) is 12.4. The van der Waals surface area contributed by atoms with Crippen LogP contribution in [0.5, 0.6) is 0 Å². The largest absolute Gasteiger partial charge is 0.356 e. The second kappa shape index (κ2) is 9.93. The summed E-state index contributed by atoms with van der Waals surface area (Å²) in [6.07, 6.45) is 12.2. The monoisotopic (exact) mass is 303 g/mol. The first-order valence-corrected chi connectivity index (χ1v) is 8.27. The van der Waals surface area contributed by atoms with Gasteiger partial charge in [-0.25, -0.2) is 0 Å². The van der Waals surface area contributed by atoms with Crippen molar-refractivity contribution in [3.8, 4) is 0 Å². The minimum absolute atomic E-state index is 0.274. The van der Waals surface area contributed by atoms with Crippen LogP contribution in [-0.2, 0) is 4.79 Å². The SMILES string of the molecule is O=C(CC1CCCCCC1)NCCCCCBr. The number of carbonyl (C=O) groups is 1. The molecule has 0 radical (unpaired) electrons. The van der Waals surface area contributed by atoms with Crippen LogP contribution in [0.4, 0.5) is 0 Å². The molecule has 0 spiro atoms. The Labute approximate surface area is 114 Å². The first-order chi connectivity index (χ1) is 8.33. The number of rotatable bonds is 7. The first kappa shape index (κ1) is 15.0. The summed E-state index contributed by atoms with van der Waals surface area (Å²) in [7, 11) is 0. The van der Waals surface area contributed by atoms with Crippen LogP contribution in [0.2, 0.25) is 0 Å². The molecule has 17 heavy (non-hydrogen) atoms. The van der Waals surface area contributed by atoms with E-state index in [9.17, 15) is 4.79 Å². The van der Waals surface area contributed by atoms with Crippen molar-refractivity contribution >= 4 is 21.8 Å². The second-order valence-corrected chi connectivity index (χ2v) is 5.95. The third-order valence-electron chi connectivity index (χ3n) is 3.58. The molecule has 0 aromatic carbocycles. The molecule has 2 nitrogen and oxygen atoms in total. The van der Waals surface area contributed by atoms with Gasteiger partial charge >= 0.3 is 0 Å². The molecule has 0 aromatic rings. The standard InChI is InChI=1S/C14H26BrNO/c15-10-6-3-7-11-16-14(17)12-13-8-4-1-2-5-9-13/h13H,1-12H2,(H,16,17). The van der Waals surface area contributed by atoms with Gasteiger partial charge in [-0.15, -0.1) is 0 Å². The fourth-order valence-corrected chi connectivity index (χ4v) is 2.92. The van der Waals surface area contributed by atoms with Gasteiger partial charge in [0.25, 0.3) is 0 Å². The highest BCUT2D eigenvalue weighted by Crippen LogP contribution is 2.25. The van der Waals surface area contributed by atoms with E-state index in [0.717, 1.165) is 24.7 Å². The molecular formula is C14H26BrNO. The fourth-order valence-electron chi connectivity index (χ4n) is 2.53. The maximum absolute atomic E-state index is 11.7. The van der Waals surface area contributed by atoms with E-state index in [2.05, 4.69) is 21.2 Å². The summed E-state index contributed by atoms with van der Waals surface area (Å²) in [4.78, 5) is 11.7. The quantitative estimate of drug-likeness (QED) is 0.429. The number of nitrogens with one attached hydrogen (secondary N) is 1. The van der Waals surface area contributed by atoms with E-state index < -0.39 is 0 Å². The van der Waals surface area contributed by atoms with E-state index in [1.807, 2.05) is 0 Å². The molecule has 1 N–H and O–H groups in total. The molecule has 0 heterocycles. The predicted octanol–water partition coefficient (Wildman–Crippen LogP) is 4.03. The molecule has 1 saturated carbocycles. The topological polar surface area (TPSA) is 29.1 Å². The molecule has 1 aliphatic rings. The Morgan fingerprint density at radius 2 is 1.76 bits per heavy atom. The lowest BCUT2D eigenvalue weighted by atomic mass is 9.96. The lowest BCUT2D eigenvalue weighted by Crippen LogP contribution is -2.26. The Balaban J connectivity index is 2.03. The van der Waals surface area contributed by atoms with E-state index in [1.54, 1.807) is 0 Å². The van der Waals surface area contributed by atoms with Crippen molar-refractivity contribution in [1.29, 1.82) is 0 Å². The number of hydrogen-bond donors (Lipinski definition) is 1. The van der Waals surface area contributed by atoms with Crippen molar-refractivity contribution < 1.29 is 4.79 Å². The van der Waals surface area contributed by atoms with Gasteiger partial charge < -0.3 is 5.32 Å². The molecule has 0 bridgehead atoms. The van der Waals surface area contributed by atoms with Gasteiger partial charge in [-0.3, -0.25) is 4.79 Å². The van der Waals surface area contributed by atoms with Gasteiger partial charge in [-0.1, -0.05) is 48.0 Å². The van der Waals surface area contributed by atoms with Gasteiger partial charge in [-0.2, -0.15) is 0 Å². The molecule has 0 aromatic heterocycles. The highest BCUT2D eigenvalue weighted by Gasteiger charge is 2.15. The Morgan fingerprint density at radius 1 is 1.06 bits per heavy atom. The maximum atomic E-state index is 11.7. The number of carbonyl (C=O) groups excluding carboxylic acids is 1. The van der Waals surface area contributed by atoms with Crippen molar-refractivity contribution in [2.45, 2.75) is 64.2 Å². The van der Waals surface area contributed by atoms with Crippen LogP contribution in [0.3, 0.4) is 0 Å². The lowest BCUT2D eigenvalue weighted by molar-refractivity contribution is -0.122. The Morgan fingerprint density at radius 3 is 2.41 bits per heavy atom. The predicted molar refractivity (Wildman–Crippen MR) is 76.5 cm³/mol. The van der Waals surface area contributed by atoms with Gasteiger partial charge in [0.15, 0.2) is 0 Å². The number of alkyl halides is 1. The van der Waals surface area contributed by atoms with Crippen LogP contribution in [-0.4, -0.2) is 17.8 Å². The van der Waals surface area contributed by atoms with Gasteiger partial charge in [0.05, 0.1) is 0 Å². The van der Waals surface area contributed by atoms with Crippen molar-refractivity contribution in [3.05, 3.63) is 0 Å². The molecule has 1 amide bonds. The van der Waals surface area contributed by atoms with Crippen LogP contribution in [0, 0.1) is 5.92 Å². The number of unbranched alkanes of at least 4 members (excludes halogenated alkanes) is 2. The molecule has 3 heteroatoms. The number of halogens is 1. The Bertz CT molecular complexity index is 200. The third-order valence-corrected chi connectivity index (χ3v) is 4.14. The van der Waals surface area contributed by atoms with E-state index in [1.165, 1.54) is 51.4 Å². The van der Waals surface area contributed by atoms with Gasteiger partial charge in [0.1, 0.15) is 0 Å². The van der Waals surface area contributed by atoms with Crippen LogP contribution >= 0.6 is 15.9 Å². The maximum Gasteiger partial charge on any atom is 0.220 e. The molecule has 0 unspecified atom stereocenters. The van der Waals surface area contributed by atoms with Crippen LogP contribution in [0.25, 0.3) is 0 Å². The highest BCUT2D eigenvalue weighted by molar-refractivity contribution is 9.09. The average molecular weight is 304 g/mol. The van der Waals surface area contributed by atoms with Crippen molar-refractivity contribution in [1.82, 2.24) is 5.32 Å². The summed E-state index contributed by atoms with van der Waals surface area (Å²) in [5.41, 5.74) is 0. The first-order valence-electron chi connectivity index (χ1n) is 7.15. The zero-order chi connectivity index (χ0) is 12.3. The summed E-state index contributed by atoms with van der Waals surface area (Å²) in [6, 6.07) is 0. The minimum Gasteiger partial charge on any atom is -0.356 e. The summed E-state index contributed by atoms with van der Waals surface area (Å²) >= 11 is 3.42. The molecule has 100 valence electrons. The van der Waals surface area contributed by atoms with Gasteiger partial charge in [-0.05, 0) is 31.6 Å². The van der Waals surface area contributed by atoms with Crippen LogP contribution in [0.1, 0.15) is 64.2 Å². The average Bonchev–Trinajstić information content (AvgIpc) is 2.57. The molecule has 1 fully saturated rings. The normalized spacial score (nSPS) is 17.7. The fraction of sp³-hybridized carbons (Fsp3) is 0.929. The molecule has 1 rings (SSSR count). The molecule has 0 atom stereocenters. The number of hydrogen-bond acceptors (Lipinski definition) is 1. The Kier molecular flexibility index (Phi) is 8.76. The lowest BCUT2D eigenvalue weighted by Gasteiger charge is -2.13. The van der Waals surface area contributed by atoms with Gasteiger partial charge in [0, 0.05) is 18.3 Å². The van der Waals surface area contributed by atoms with Crippen molar-refractivity contribution in [2.24, 2.45) is 5.92 Å². The van der Waals surface area contributed by atoms with Crippen LogP contribution < -0.4 is 5.32 Å². The van der Waals surface area contributed by atoms with Crippen molar-refractivity contribution in [2.75, 3.05) is 11.9 Å². The molecule has 1 aliphatic carbocycles. The molecule has 0 saturated heterocycles. The molecule has 0 aliphatic heterocycles. The summed E-state index contributed by atoms with van der Waals surface area (Å²) < 4.78 is 0. The Hall–Kier alpha value is -0.0500. The second-order valence-electron chi connectivity index (χ2n) is 5.16. The minimum atomic E-state index is 0.274. The summed E-state index contributed by atoms with van der Waals surface area (Å²) in [5, 5.41) is 4.13. The van der Waals surface area contributed by atoms with Crippen LogP contribution in [0.15, 0.2) is 0 Å². The van der Waals surface area contributed by atoms with Crippen molar-refractivity contribution in [3.63, 3.8) is 0 Å².